The lowest BCUT2D eigenvalue weighted by Gasteiger charge is -2.35. The van der Waals surface area contributed by atoms with Gasteiger partial charge in [-0.1, -0.05) is 23.4 Å². The third kappa shape index (κ3) is 6.31. The Morgan fingerprint density at radius 1 is 1.25 bits per heavy atom. The monoisotopic (exact) mass is 512 g/mol. The Hall–Kier alpha value is -3.21. The van der Waals surface area contributed by atoms with E-state index in [0.717, 1.165) is 54.1 Å². The first kappa shape index (κ1) is 25.9. The number of methoxy groups -OCH3 is 1. The van der Waals surface area contributed by atoms with Crippen LogP contribution in [0.25, 0.3) is 10.9 Å². The molecule has 0 spiro atoms. The Morgan fingerprint density at radius 3 is 2.75 bits per heavy atom. The summed E-state index contributed by atoms with van der Waals surface area (Å²) < 4.78 is 32.0. The van der Waals surface area contributed by atoms with Crippen LogP contribution in [0, 0.1) is 35.3 Å². The van der Waals surface area contributed by atoms with Crippen molar-refractivity contribution >= 4 is 28.5 Å². The number of hydrogen-bond donors (Lipinski definition) is 1. The SMILES string of the molecule is COc1ccc2ncc(Cl)c(CCCC3CCN(CC#Cc4cc(F)cc(F)c4)CC3C(=O)O)c2c1. The summed E-state index contributed by atoms with van der Waals surface area (Å²) in [5.74, 6) is 3.79. The molecule has 8 heteroatoms. The number of carboxylic acids is 1. The largest absolute Gasteiger partial charge is 0.497 e. The number of halogens is 3. The van der Waals surface area contributed by atoms with E-state index < -0.39 is 23.5 Å². The van der Waals surface area contributed by atoms with Crippen LogP contribution in [0.4, 0.5) is 8.78 Å². The topological polar surface area (TPSA) is 62.7 Å². The average molecular weight is 513 g/mol. The molecule has 1 aliphatic heterocycles. The van der Waals surface area contributed by atoms with Gasteiger partial charge in [0.1, 0.15) is 17.4 Å². The zero-order valence-electron chi connectivity index (χ0n) is 19.9. The van der Waals surface area contributed by atoms with Gasteiger partial charge in [-0.05, 0) is 74.0 Å². The van der Waals surface area contributed by atoms with Crippen molar-refractivity contribution < 1.29 is 23.4 Å². The minimum atomic E-state index is -0.818. The lowest BCUT2D eigenvalue weighted by molar-refractivity contribution is -0.146. The van der Waals surface area contributed by atoms with Crippen LogP contribution in [-0.2, 0) is 11.2 Å². The molecule has 0 amide bonds. The quantitative estimate of drug-likeness (QED) is 0.419. The molecule has 1 aliphatic rings. The Morgan fingerprint density at radius 2 is 2.03 bits per heavy atom. The predicted molar refractivity (Wildman–Crippen MR) is 135 cm³/mol. The number of fused-ring (bicyclic) bond motifs is 1. The standard InChI is InChI=1S/C28H27ClF2N2O3/c1-36-22-7-8-27-24(15-22)23(26(29)16-32-27)6-2-5-19-9-11-33(17-25(19)28(34)35)10-3-4-18-12-20(30)14-21(31)13-18/h7-8,12-16,19,25H,2,5-6,9-11,17H2,1H3,(H,34,35). The van der Waals surface area contributed by atoms with E-state index in [1.54, 1.807) is 13.3 Å². The average Bonchev–Trinajstić information content (AvgIpc) is 2.85. The smallest absolute Gasteiger partial charge is 0.308 e. The summed E-state index contributed by atoms with van der Waals surface area (Å²) in [7, 11) is 1.62. The Labute approximate surface area is 214 Å². The molecule has 1 N–H and O–H groups in total. The summed E-state index contributed by atoms with van der Waals surface area (Å²) >= 11 is 6.47. The molecular formula is C28H27ClF2N2O3. The van der Waals surface area contributed by atoms with Gasteiger partial charge < -0.3 is 9.84 Å². The first-order chi connectivity index (χ1) is 17.3. The van der Waals surface area contributed by atoms with E-state index in [9.17, 15) is 18.7 Å². The lowest BCUT2D eigenvalue weighted by Crippen LogP contribution is -2.44. The minimum absolute atomic E-state index is 0.0467. The molecule has 1 fully saturated rings. The Kier molecular flexibility index (Phi) is 8.40. The number of aliphatic carboxylic acids is 1. The number of ether oxygens (including phenoxy) is 1. The highest BCUT2D eigenvalue weighted by Crippen LogP contribution is 2.32. The molecular weight excluding hydrogens is 486 g/mol. The van der Waals surface area contributed by atoms with Gasteiger partial charge in [0.25, 0.3) is 0 Å². The fourth-order valence-corrected chi connectivity index (χ4v) is 5.09. The zero-order valence-corrected chi connectivity index (χ0v) is 20.7. The van der Waals surface area contributed by atoms with E-state index in [4.69, 9.17) is 16.3 Å². The minimum Gasteiger partial charge on any atom is -0.497 e. The lowest BCUT2D eigenvalue weighted by atomic mass is 9.81. The van der Waals surface area contributed by atoms with Crippen LogP contribution in [0.1, 0.15) is 30.4 Å². The van der Waals surface area contributed by atoms with Crippen molar-refractivity contribution in [3.63, 3.8) is 0 Å². The van der Waals surface area contributed by atoms with Crippen molar-refractivity contribution in [2.24, 2.45) is 11.8 Å². The number of benzene rings is 2. The summed E-state index contributed by atoms with van der Waals surface area (Å²) in [5.41, 5.74) is 2.10. The van der Waals surface area contributed by atoms with Crippen molar-refractivity contribution in [3.05, 3.63) is 70.4 Å². The highest BCUT2D eigenvalue weighted by molar-refractivity contribution is 6.32. The number of carboxylic acid groups (broad SMARTS) is 1. The van der Waals surface area contributed by atoms with Crippen molar-refractivity contribution in [3.8, 4) is 17.6 Å². The number of aryl methyl sites for hydroxylation is 1. The molecule has 1 aromatic heterocycles. The number of piperidine rings is 1. The molecule has 2 heterocycles. The van der Waals surface area contributed by atoms with E-state index in [-0.39, 0.29) is 11.5 Å². The van der Waals surface area contributed by atoms with E-state index in [0.29, 0.717) is 24.5 Å². The molecule has 3 aromatic rings. The number of carbonyl (C=O) groups is 1. The molecule has 2 atom stereocenters. The summed E-state index contributed by atoms with van der Waals surface area (Å²) in [4.78, 5) is 18.4. The maximum absolute atomic E-state index is 13.3. The van der Waals surface area contributed by atoms with Crippen LogP contribution < -0.4 is 4.74 Å². The first-order valence-electron chi connectivity index (χ1n) is 11.9. The number of hydrogen-bond acceptors (Lipinski definition) is 4. The zero-order chi connectivity index (χ0) is 25.7. The van der Waals surface area contributed by atoms with Crippen molar-refractivity contribution in [1.82, 2.24) is 9.88 Å². The van der Waals surface area contributed by atoms with Gasteiger partial charge in [0.05, 0.1) is 30.1 Å². The highest BCUT2D eigenvalue weighted by atomic mass is 35.5. The van der Waals surface area contributed by atoms with Crippen LogP contribution in [0.15, 0.2) is 42.6 Å². The van der Waals surface area contributed by atoms with Crippen molar-refractivity contribution in [2.45, 2.75) is 25.7 Å². The van der Waals surface area contributed by atoms with Gasteiger partial charge in [0.2, 0.25) is 0 Å². The number of aromatic nitrogens is 1. The second-order valence-corrected chi connectivity index (χ2v) is 9.46. The second kappa shape index (κ2) is 11.7. The predicted octanol–water partition coefficient (Wildman–Crippen LogP) is 5.57. The van der Waals surface area contributed by atoms with E-state index in [1.807, 2.05) is 23.1 Å². The van der Waals surface area contributed by atoms with Crippen LogP contribution in [-0.4, -0.2) is 47.7 Å². The van der Waals surface area contributed by atoms with Gasteiger partial charge in [-0.15, -0.1) is 0 Å². The van der Waals surface area contributed by atoms with Crippen LogP contribution in [0.5, 0.6) is 5.75 Å². The van der Waals surface area contributed by atoms with E-state index in [1.165, 1.54) is 12.1 Å². The fourth-order valence-electron chi connectivity index (χ4n) is 4.84. The first-order valence-corrected chi connectivity index (χ1v) is 12.2. The van der Waals surface area contributed by atoms with Crippen LogP contribution >= 0.6 is 11.6 Å². The van der Waals surface area contributed by atoms with Gasteiger partial charge in [0.15, 0.2) is 0 Å². The van der Waals surface area contributed by atoms with Gasteiger partial charge in [-0.2, -0.15) is 0 Å². The van der Waals surface area contributed by atoms with Gasteiger partial charge in [0, 0.05) is 29.8 Å². The summed E-state index contributed by atoms with van der Waals surface area (Å²) in [5, 5.41) is 11.4. The van der Waals surface area contributed by atoms with Gasteiger partial charge in [-0.3, -0.25) is 14.7 Å². The molecule has 0 saturated carbocycles. The third-order valence-electron chi connectivity index (χ3n) is 6.69. The summed E-state index contributed by atoms with van der Waals surface area (Å²) in [6.07, 6.45) is 4.68. The highest BCUT2D eigenvalue weighted by Gasteiger charge is 2.33. The third-order valence-corrected chi connectivity index (χ3v) is 7.02. The Bertz CT molecular complexity index is 1300. The molecule has 36 heavy (non-hydrogen) atoms. The molecule has 2 aromatic carbocycles. The maximum atomic E-state index is 13.3. The number of rotatable bonds is 7. The molecule has 0 bridgehead atoms. The molecule has 4 rings (SSSR count). The van der Waals surface area contributed by atoms with Crippen molar-refractivity contribution in [1.29, 1.82) is 0 Å². The second-order valence-electron chi connectivity index (χ2n) is 9.05. The summed E-state index contributed by atoms with van der Waals surface area (Å²) in [6.45, 7) is 1.45. The molecule has 2 unspecified atom stereocenters. The molecule has 0 aliphatic carbocycles. The van der Waals surface area contributed by atoms with E-state index >= 15 is 0 Å². The van der Waals surface area contributed by atoms with Crippen LogP contribution in [0.2, 0.25) is 5.02 Å². The fraction of sp³-hybridized carbons (Fsp3) is 0.357. The van der Waals surface area contributed by atoms with E-state index in [2.05, 4.69) is 16.8 Å². The number of pyridine rings is 1. The van der Waals surface area contributed by atoms with Gasteiger partial charge in [-0.25, -0.2) is 8.78 Å². The normalized spacial score (nSPS) is 18.0. The summed E-state index contributed by atoms with van der Waals surface area (Å²) in [6, 6.07) is 8.85. The maximum Gasteiger partial charge on any atom is 0.308 e. The number of nitrogens with zero attached hydrogens (tertiary/aromatic N) is 2. The molecule has 5 nitrogen and oxygen atoms in total. The van der Waals surface area contributed by atoms with Gasteiger partial charge >= 0.3 is 5.97 Å². The molecule has 0 radical (unpaired) electrons. The number of likely N-dealkylation sites (tertiary alicyclic amines) is 1. The van der Waals surface area contributed by atoms with Crippen LogP contribution in [0.3, 0.4) is 0 Å². The Balaban J connectivity index is 1.37. The molecule has 188 valence electrons. The molecule has 1 saturated heterocycles. The van der Waals surface area contributed by atoms with Crippen molar-refractivity contribution in [2.75, 3.05) is 26.7 Å².